The molecule has 4 rings (SSSR count). The van der Waals surface area contributed by atoms with Crippen molar-refractivity contribution in [3.05, 3.63) is 51.6 Å². The third kappa shape index (κ3) is 4.38. The van der Waals surface area contributed by atoms with Crippen molar-refractivity contribution in [1.29, 1.82) is 0 Å². The smallest absolute Gasteiger partial charge is 0.252 e. The lowest BCUT2D eigenvalue weighted by Crippen LogP contribution is -2.30. The summed E-state index contributed by atoms with van der Waals surface area (Å²) < 4.78 is 1.95. The Morgan fingerprint density at radius 2 is 2.10 bits per heavy atom. The summed E-state index contributed by atoms with van der Waals surface area (Å²) >= 11 is 0. The number of H-pyrrole nitrogens is 1. The van der Waals surface area contributed by atoms with Gasteiger partial charge in [-0.15, -0.1) is 5.10 Å². The van der Waals surface area contributed by atoms with Crippen molar-refractivity contribution < 1.29 is 5.11 Å². The standard InChI is InChI=1S/C21H28N6O2/c1-15-6-4-7-16-12-17(21(29)22-20(15)16)13-26(10-5-11-28)14-19-23-24-25-27(19)18-8-2-3-9-18/h4,6-7,12,18,28H,2-3,5,8-11,13-14H2,1H3,(H,22,29). The van der Waals surface area contributed by atoms with E-state index in [9.17, 15) is 9.90 Å². The zero-order valence-corrected chi connectivity index (χ0v) is 16.8. The van der Waals surface area contributed by atoms with Gasteiger partial charge in [0.1, 0.15) is 0 Å². The number of aliphatic hydroxyl groups excluding tert-OH is 1. The van der Waals surface area contributed by atoms with E-state index >= 15 is 0 Å². The van der Waals surface area contributed by atoms with E-state index in [4.69, 9.17) is 0 Å². The number of benzene rings is 1. The highest BCUT2D eigenvalue weighted by Gasteiger charge is 2.23. The summed E-state index contributed by atoms with van der Waals surface area (Å²) in [4.78, 5) is 17.9. The number of aromatic nitrogens is 5. The molecular weight excluding hydrogens is 368 g/mol. The Bertz CT molecular complexity index is 1020. The molecule has 3 aromatic rings. The predicted octanol–water partition coefficient (Wildman–Crippen LogP) is 2.32. The normalized spacial score (nSPS) is 15.0. The molecule has 0 bridgehead atoms. The number of hydrogen-bond acceptors (Lipinski definition) is 6. The molecule has 2 aromatic heterocycles. The molecule has 1 aromatic carbocycles. The maximum absolute atomic E-state index is 12.7. The van der Waals surface area contributed by atoms with Crippen molar-refractivity contribution in [2.24, 2.45) is 0 Å². The van der Waals surface area contributed by atoms with E-state index in [-0.39, 0.29) is 12.2 Å². The van der Waals surface area contributed by atoms with E-state index in [1.807, 2.05) is 35.9 Å². The topological polar surface area (TPSA) is 99.9 Å². The molecule has 1 saturated carbocycles. The van der Waals surface area contributed by atoms with Gasteiger partial charge >= 0.3 is 0 Å². The second-order valence-corrected chi connectivity index (χ2v) is 7.93. The fourth-order valence-electron chi connectivity index (χ4n) is 4.24. The van der Waals surface area contributed by atoms with Crippen molar-refractivity contribution in [2.75, 3.05) is 13.2 Å². The number of hydrogen-bond donors (Lipinski definition) is 2. The van der Waals surface area contributed by atoms with E-state index in [0.717, 1.165) is 35.1 Å². The molecule has 0 spiro atoms. The Morgan fingerprint density at radius 1 is 1.28 bits per heavy atom. The van der Waals surface area contributed by atoms with Crippen LogP contribution in [0.5, 0.6) is 0 Å². The van der Waals surface area contributed by atoms with E-state index in [0.29, 0.717) is 37.7 Å². The minimum Gasteiger partial charge on any atom is -0.396 e. The number of rotatable bonds is 8. The van der Waals surface area contributed by atoms with E-state index < -0.39 is 0 Å². The van der Waals surface area contributed by atoms with E-state index in [2.05, 4.69) is 25.4 Å². The van der Waals surface area contributed by atoms with E-state index in [1.165, 1.54) is 12.8 Å². The van der Waals surface area contributed by atoms with Gasteiger partial charge in [0, 0.05) is 25.3 Å². The van der Waals surface area contributed by atoms with Crippen molar-refractivity contribution >= 4 is 10.9 Å². The second-order valence-electron chi connectivity index (χ2n) is 7.93. The lowest BCUT2D eigenvalue weighted by Gasteiger charge is -2.22. The van der Waals surface area contributed by atoms with Crippen molar-refractivity contribution in [2.45, 2.75) is 58.2 Å². The van der Waals surface area contributed by atoms with Gasteiger partial charge in [-0.1, -0.05) is 31.0 Å². The second kappa shape index (κ2) is 8.84. The molecule has 1 aliphatic carbocycles. The first-order chi connectivity index (χ1) is 14.2. The summed E-state index contributed by atoms with van der Waals surface area (Å²) in [5.41, 5.74) is 2.57. The predicted molar refractivity (Wildman–Crippen MR) is 110 cm³/mol. The number of tetrazole rings is 1. The van der Waals surface area contributed by atoms with Crippen LogP contribution in [0.15, 0.2) is 29.1 Å². The van der Waals surface area contributed by atoms with Crippen LogP contribution in [-0.4, -0.2) is 48.3 Å². The molecule has 2 N–H and O–H groups in total. The average molecular weight is 396 g/mol. The lowest BCUT2D eigenvalue weighted by molar-refractivity contribution is 0.204. The fourth-order valence-corrected chi connectivity index (χ4v) is 4.24. The first kappa shape index (κ1) is 19.7. The molecule has 0 saturated heterocycles. The summed E-state index contributed by atoms with van der Waals surface area (Å²) in [5.74, 6) is 0.822. The summed E-state index contributed by atoms with van der Waals surface area (Å²) in [6.07, 6.45) is 5.28. The molecule has 29 heavy (non-hydrogen) atoms. The molecule has 0 atom stereocenters. The van der Waals surface area contributed by atoms with Crippen LogP contribution in [0.3, 0.4) is 0 Å². The zero-order chi connectivity index (χ0) is 20.2. The minimum atomic E-state index is -0.0730. The number of nitrogens with one attached hydrogen (secondary N) is 1. The van der Waals surface area contributed by atoms with Crippen molar-refractivity contribution in [3.8, 4) is 0 Å². The molecule has 154 valence electrons. The number of aryl methyl sites for hydroxylation is 1. The fraction of sp³-hybridized carbons (Fsp3) is 0.524. The van der Waals surface area contributed by atoms with Gasteiger partial charge in [-0.05, 0) is 53.6 Å². The zero-order valence-electron chi connectivity index (χ0n) is 16.8. The van der Waals surface area contributed by atoms with Crippen LogP contribution >= 0.6 is 0 Å². The summed E-state index contributed by atoms with van der Waals surface area (Å²) in [6, 6.07) is 8.34. The van der Waals surface area contributed by atoms with Gasteiger partial charge in [-0.2, -0.15) is 0 Å². The Morgan fingerprint density at radius 3 is 2.90 bits per heavy atom. The third-order valence-electron chi connectivity index (χ3n) is 5.79. The highest BCUT2D eigenvalue weighted by molar-refractivity contribution is 5.81. The van der Waals surface area contributed by atoms with Crippen LogP contribution in [0, 0.1) is 6.92 Å². The van der Waals surface area contributed by atoms with Gasteiger partial charge in [-0.3, -0.25) is 9.69 Å². The molecule has 0 aliphatic heterocycles. The first-order valence-corrected chi connectivity index (χ1v) is 10.4. The van der Waals surface area contributed by atoms with Crippen LogP contribution < -0.4 is 5.56 Å². The highest BCUT2D eigenvalue weighted by atomic mass is 16.3. The van der Waals surface area contributed by atoms with Crippen LogP contribution in [-0.2, 0) is 13.1 Å². The first-order valence-electron chi connectivity index (χ1n) is 10.4. The van der Waals surface area contributed by atoms with Gasteiger partial charge in [0.2, 0.25) is 0 Å². The third-order valence-corrected chi connectivity index (χ3v) is 5.79. The summed E-state index contributed by atoms with van der Waals surface area (Å²) in [7, 11) is 0. The van der Waals surface area contributed by atoms with Crippen LogP contribution in [0.2, 0.25) is 0 Å². The van der Waals surface area contributed by atoms with Crippen LogP contribution in [0.25, 0.3) is 10.9 Å². The average Bonchev–Trinajstić information content (AvgIpc) is 3.39. The maximum Gasteiger partial charge on any atom is 0.252 e. The van der Waals surface area contributed by atoms with Gasteiger partial charge in [0.05, 0.1) is 18.1 Å². The number of aliphatic hydroxyl groups is 1. The Kier molecular flexibility index (Phi) is 6.01. The lowest BCUT2D eigenvalue weighted by atomic mass is 10.1. The number of aromatic amines is 1. The van der Waals surface area contributed by atoms with Crippen molar-refractivity contribution in [3.63, 3.8) is 0 Å². The molecule has 8 nitrogen and oxygen atoms in total. The molecule has 0 radical (unpaired) electrons. The molecule has 2 heterocycles. The van der Waals surface area contributed by atoms with Gasteiger partial charge in [0.25, 0.3) is 5.56 Å². The maximum atomic E-state index is 12.7. The molecule has 8 heteroatoms. The van der Waals surface area contributed by atoms with Crippen LogP contribution in [0.4, 0.5) is 0 Å². The number of para-hydroxylation sites is 1. The molecule has 1 fully saturated rings. The van der Waals surface area contributed by atoms with Crippen molar-refractivity contribution in [1.82, 2.24) is 30.1 Å². The number of pyridine rings is 1. The Balaban J connectivity index is 1.58. The molecule has 1 aliphatic rings. The Hall–Kier alpha value is -2.58. The highest BCUT2D eigenvalue weighted by Crippen LogP contribution is 2.29. The Labute approximate surface area is 169 Å². The largest absolute Gasteiger partial charge is 0.396 e. The van der Waals surface area contributed by atoms with Gasteiger partial charge in [-0.25, -0.2) is 4.68 Å². The SMILES string of the molecule is Cc1cccc2cc(CN(CCCO)Cc3nnnn3C3CCCC3)c(=O)[nH]c12. The van der Waals surface area contributed by atoms with E-state index in [1.54, 1.807) is 0 Å². The molecule has 0 amide bonds. The van der Waals surface area contributed by atoms with Gasteiger partial charge in [0.15, 0.2) is 5.82 Å². The summed E-state index contributed by atoms with van der Waals surface area (Å²) in [6.45, 7) is 3.80. The number of fused-ring (bicyclic) bond motifs is 1. The quantitative estimate of drug-likeness (QED) is 0.606. The molecule has 0 unspecified atom stereocenters. The molecular formula is C21H28N6O2. The monoisotopic (exact) mass is 396 g/mol. The summed E-state index contributed by atoms with van der Waals surface area (Å²) in [5, 5.41) is 22.7. The van der Waals surface area contributed by atoms with Crippen LogP contribution in [0.1, 0.15) is 55.1 Å². The number of nitrogens with zero attached hydrogens (tertiary/aromatic N) is 5. The van der Waals surface area contributed by atoms with Gasteiger partial charge < -0.3 is 10.1 Å². The minimum absolute atomic E-state index is 0.0730.